The van der Waals surface area contributed by atoms with Gasteiger partial charge in [0.05, 0.1) is 0 Å². The first-order chi connectivity index (χ1) is 5.41. The molecular formula is C12H24. The Kier molecular flexibility index (Phi) is 2.85. The predicted molar refractivity (Wildman–Crippen MR) is 55.1 cm³/mol. The molecule has 0 spiro atoms. The summed E-state index contributed by atoms with van der Waals surface area (Å²) in [6, 6.07) is 0. The van der Waals surface area contributed by atoms with Crippen molar-refractivity contribution >= 4 is 0 Å². The highest BCUT2D eigenvalue weighted by molar-refractivity contribution is 4.82. The lowest BCUT2D eigenvalue weighted by molar-refractivity contribution is 0.114. The first-order valence-corrected chi connectivity index (χ1v) is 5.41. The normalized spacial score (nSPS) is 38.2. The Hall–Kier alpha value is 0. The van der Waals surface area contributed by atoms with Crippen LogP contribution in [0.15, 0.2) is 0 Å². The van der Waals surface area contributed by atoms with E-state index in [-0.39, 0.29) is 0 Å². The van der Waals surface area contributed by atoms with Crippen molar-refractivity contribution in [2.24, 2.45) is 23.2 Å². The molecule has 12 heavy (non-hydrogen) atoms. The molecule has 0 aromatic heterocycles. The average molecular weight is 168 g/mol. The van der Waals surface area contributed by atoms with Crippen molar-refractivity contribution in [2.45, 2.75) is 53.9 Å². The molecule has 1 rings (SSSR count). The van der Waals surface area contributed by atoms with Gasteiger partial charge in [-0.3, -0.25) is 0 Å². The van der Waals surface area contributed by atoms with Crippen molar-refractivity contribution in [3.05, 3.63) is 0 Å². The van der Waals surface area contributed by atoms with Gasteiger partial charge in [-0.25, -0.2) is 0 Å². The van der Waals surface area contributed by atoms with Gasteiger partial charge in [0.25, 0.3) is 0 Å². The maximum Gasteiger partial charge on any atom is -0.0354 e. The van der Waals surface area contributed by atoms with Gasteiger partial charge in [-0.15, -0.1) is 0 Å². The van der Waals surface area contributed by atoms with Crippen molar-refractivity contribution in [3.8, 4) is 0 Å². The van der Waals surface area contributed by atoms with Gasteiger partial charge in [0, 0.05) is 0 Å². The molecule has 3 atom stereocenters. The molecule has 0 amide bonds. The minimum absolute atomic E-state index is 0.536. The van der Waals surface area contributed by atoms with Crippen LogP contribution in [0.2, 0.25) is 0 Å². The third-order valence-electron chi connectivity index (χ3n) is 3.82. The molecule has 0 aromatic rings. The first-order valence-electron chi connectivity index (χ1n) is 5.41. The fourth-order valence-corrected chi connectivity index (χ4v) is 2.33. The zero-order valence-electron chi connectivity index (χ0n) is 9.35. The summed E-state index contributed by atoms with van der Waals surface area (Å²) in [5, 5.41) is 0. The first kappa shape index (κ1) is 10.1. The highest BCUT2D eigenvalue weighted by atomic mass is 14.4. The lowest BCUT2D eigenvalue weighted by Gasteiger charge is -2.39. The number of rotatable bonds is 0. The van der Waals surface area contributed by atoms with E-state index in [2.05, 4.69) is 34.6 Å². The molecule has 0 aliphatic heterocycles. The van der Waals surface area contributed by atoms with E-state index in [1.54, 1.807) is 0 Å². The molecule has 0 N–H and O–H groups in total. The van der Waals surface area contributed by atoms with Gasteiger partial charge >= 0.3 is 0 Å². The van der Waals surface area contributed by atoms with Gasteiger partial charge in [0.15, 0.2) is 0 Å². The fourth-order valence-electron chi connectivity index (χ4n) is 2.33. The Morgan fingerprint density at radius 2 is 1.50 bits per heavy atom. The van der Waals surface area contributed by atoms with Crippen LogP contribution >= 0.6 is 0 Å². The van der Waals surface area contributed by atoms with Crippen molar-refractivity contribution in [1.29, 1.82) is 0 Å². The molecule has 1 saturated carbocycles. The fraction of sp³-hybridized carbons (Fsp3) is 1.00. The summed E-state index contributed by atoms with van der Waals surface area (Å²) in [5.41, 5.74) is 0.536. The van der Waals surface area contributed by atoms with Crippen molar-refractivity contribution in [2.75, 3.05) is 0 Å². The summed E-state index contributed by atoms with van der Waals surface area (Å²) in [4.78, 5) is 0. The second kappa shape index (κ2) is 3.40. The van der Waals surface area contributed by atoms with Gasteiger partial charge in [-0.1, -0.05) is 41.0 Å². The second-order valence-corrected chi connectivity index (χ2v) is 5.83. The van der Waals surface area contributed by atoms with E-state index in [0.29, 0.717) is 5.41 Å². The third-order valence-corrected chi connectivity index (χ3v) is 3.82. The Balaban J connectivity index is 2.51. The molecule has 1 aliphatic carbocycles. The van der Waals surface area contributed by atoms with Crippen LogP contribution in [0.1, 0.15) is 53.9 Å². The van der Waals surface area contributed by atoms with Crippen LogP contribution in [0.5, 0.6) is 0 Å². The molecule has 0 nitrogen and oxygen atoms in total. The molecular weight excluding hydrogens is 144 g/mol. The summed E-state index contributed by atoms with van der Waals surface area (Å²) in [7, 11) is 0. The van der Waals surface area contributed by atoms with Crippen LogP contribution in [0.3, 0.4) is 0 Å². The zero-order chi connectivity index (χ0) is 9.35. The molecule has 0 radical (unpaired) electrons. The molecule has 2 unspecified atom stereocenters. The van der Waals surface area contributed by atoms with Gasteiger partial charge in [-0.05, 0) is 36.0 Å². The average Bonchev–Trinajstić information content (AvgIpc) is 1.92. The van der Waals surface area contributed by atoms with Crippen LogP contribution in [0.25, 0.3) is 0 Å². The van der Waals surface area contributed by atoms with E-state index < -0.39 is 0 Å². The van der Waals surface area contributed by atoms with E-state index in [4.69, 9.17) is 0 Å². The Bertz CT molecular complexity index is 141. The largest absolute Gasteiger partial charge is 0.0623 e. The Morgan fingerprint density at radius 3 is 1.92 bits per heavy atom. The molecule has 0 bridgehead atoms. The topological polar surface area (TPSA) is 0 Å². The molecule has 72 valence electrons. The van der Waals surface area contributed by atoms with Gasteiger partial charge < -0.3 is 0 Å². The molecule has 0 heterocycles. The monoisotopic (exact) mass is 168 g/mol. The summed E-state index contributed by atoms with van der Waals surface area (Å²) >= 11 is 0. The lowest BCUT2D eigenvalue weighted by atomic mass is 9.66. The minimum atomic E-state index is 0.536. The summed E-state index contributed by atoms with van der Waals surface area (Å²) in [6.45, 7) is 12.0. The van der Waals surface area contributed by atoms with E-state index in [0.717, 1.165) is 17.8 Å². The van der Waals surface area contributed by atoms with Crippen molar-refractivity contribution < 1.29 is 0 Å². The predicted octanol–water partition coefficient (Wildman–Crippen LogP) is 4.10. The van der Waals surface area contributed by atoms with Crippen LogP contribution in [0.4, 0.5) is 0 Å². The number of hydrogen-bond donors (Lipinski definition) is 0. The minimum Gasteiger partial charge on any atom is -0.0623 e. The quantitative estimate of drug-likeness (QED) is 0.511. The second-order valence-electron chi connectivity index (χ2n) is 5.83. The standard InChI is InChI=1S/C12H24/c1-9-6-7-11(8-10(9)2)12(3,4)5/h9-11H,6-8H2,1-5H3/t9-,10?,11?/m0/s1. The smallest absolute Gasteiger partial charge is 0.0354 e. The Labute approximate surface area is 77.7 Å². The van der Waals surface area contributed by atoms with Gasteiger partial charge in [0.2, 0.25) is 0 Å². The van der Waals surface area contributed by atoms with E-state index in [1.807, 2.05) is 0 Å². The maximum atomic E-state index is 2.42. The number of hydrogen-bond acceptors (Lipinski definition) is 0. The molecule has 1 aliphatic rings. The lowest BCUT2D eigenvalue weighted by Crippen LogP contribution is -2.29. The van der Waals surface area contributed by atoms with E-state index in [9.17, 15) is 0 Å². The van der Waals surface area contributed by atoms with E-state index in [1.165, 1.54) is 19.3 Å². The molecule has 0 saturated heterocycles. The van der Waals surface area contributed by atoms with Crippen molar-refractivity contribution in [1.82, 2.24) is 0 Å². The highest BCUT2D eigenvalue weighted by Crippen LogP contribution is 2.42. The van der Waals surface area contributed by atoms with Crippen molar-refractivity contribution in [3.63, 3.8) is 0 Å². The van der Waals surface area contributed by atoms with E-state index >= 15 is 0 Å². The summed E-state index contributed by atoms with van der Waals surface area (Å²) in [6.07, 6.45) is 4.35. The third kappa shape index (κ3) is 2.24. The van der Waals surface area contributed by atoms with Crippen LogP contribution in [-0.4, -0.2) is 0 Å². The SMILES string of the molecule is CC1CC(C(C)(C)C)CC[C@@H]1C. The summed E-state index contributed by atoms with van der Waals surface area (Å²) in [5.74, 6) is 2.87. The molecule has 1 fully saturated rings. The molecule has 0 heteroatoms. The van der Waals surface area contributed by atoms with Gasteiger partial charge in [0.1, 0.15) is 0 Å². The van der Waals surface area contributed by atoms with Gasteiger partial charge in [-0.2, -0.15) is 0 Å². The molecule has 0 aromatic carbocycles. The Morgan fingerprint density at radius 1 is 0.917 bits per heavy atom. The van der Waals surface area contributed by atoms with Crippen LogP contribution < -0.4 is 0 Å². The summed E-state index contributed by atoms with van der Waals surface area (Å²) < 4.78 is 0. The van der Waals surface area contributed by atoms with Crippen LogP contribution in [-0.2, 0) is 0 Å². The highest BCUT2D eigenvalue weighted by Gasteiger charge is 2.31. The zero-order valence-corrected chi connectivity index (χ0v) is 9.35. The maximum absolute atomic E-state index is 2.42. The van der Waals surface area contributed by atoms with Crippen LogP contribution in [0, 0.1) is 23.2 Å².